The first-order chi connectivity index (χ1) is 18.1. The molecule has 0 saturated carbocycles. The van der Waals surface area contributed by atoms with E-state index in [1.54, 1.807) is 14.2 Å². The Morgan fingerprint density at radius 1 is 0.850 bits per heavy atom. The lowest BCUT2D eigenvalue weighted by Crippen LogP contribution is -2.27. The van der Waals surface area contributed by atoms with Crippen molar-refractivity contribution < 1.29 is 19.7 Å². The molecular weight excluding hydrogens is 551 g/mol. The molecule has 0 atom stereocenters. The molecule has 214 valence electrons. The van der Waals surface area contributed by atoms with Crippen molar-refractivity contribution in [3.05, 3.63) is 84.1 Å². The van der Waals surface area contributed by atoms with Crippen LogP contribution in [0, 0.1) is 0 Å². The molecule has 2 aromatic heterocycles. The summed E-state index contributed by atoms with van der Waals surface area (Å²) in [7, 11) is 3.22. The van der Waals surface area contributed by atoms with Crippen LogP contribution in [-0.4, -0.2) is 64.0 Å². The Morgan fingerprint density at radius 3 is 2.10 bits per heavy atom. The summed E-state index contributed by atoms with van der Waals surface area (Å²) in [6.45, 7) is 7.97. The molecule has 40 heavy (non-hydrogen) atoms. The van der Waals surface area contributed by atoms with Gasteiger partial charge in [-0.05, 0) is 43.4 Å². The number of ketones is 1. The highest BCUT2D eigenvalue weighted by Crippen LogP contribution is 2.36. The molecule has 0 aliphatic rings. The van der Waals surface area contributed by atoms with Crippen LogP contribution in [0.15, 0.2) is 72.8 Å². The second-order valence-corrected chi connectivity index (χ2v) is 8.88. The van der Waals surface area contributed by atoms with Gasteiger partial charge in [-0.3, -0.25) is 9.20 Å². The number of para-hydroxylation sites is 2. The lowest BCUT2D eigenvalue weighted by atomic mass is 10.0. The Hall–Kier alpha value is -3.56. The molecule has 0 spiro atoms. The third-order valence-electron chi connectivity index (χ3n) is 6.96. The van der Waals surface area contributed by atoms with Crippen molar-refractivity contribution in [3.63, 3.8) is 0 Å². The number of methoxy groups -OCH3 is 2. The van der Waals surface area contributed by atoms with E-state index in [4.69, 9.17) is 14.5 Å². The van der Waals surface area contributed by atoms with Crippen molar-refractivity contribution in [2.45, 2.75) is 20.4 Å². The normalized spacial score (nSPS) is 10.6. The minimum atomic E-state index is -0.0791. The van der Waals surface area contributed by atoms with Crippen molar-refractivity contribution in [1.82, 2.24) is 18.9 Å². The Labute approximate surface area is 246 Å². The van der Waals surface area contributed by atoms with Crippen LogP contribution in [-0.2, 0) is 6.54 Å². The van der Waals surface area contributed by atoms with Crippen molar-refractivity contribution in [1.29, 1.82) is 0 Å². The molecule has 10 heteroatoms. The molecule has 2 heterocycles. The SMILES string of the molecule is CCN(CC)CCn1c2ccccc2n2c(C(=O)c3ccccc3)c(-c3ccc(OC)c(OC)c3)nc12.Cl.Cl.O. The van der Waals surface area contributed by atoms with Crippen LogP contribution >= 0.6 is 24.8 Å². The largest absolute Gasteiger partial charge is 0.493 e. The number of benzene rings is 3. The third-order valence-corrected chi connectivity index (χ3v) is 6.96. The minimum Gasteiger partial charge on any atom is -0.493 e. The predicted molar refractivity (Wildman–Crippen MR) is 165 cm³/mol. The van der Waals surface area contributed by atoms with Crippen LogP contribution in [0.5, 0.6) is 11.5 Å². The van der Waals surface area contributed by atoms with E-state index in [0.29, 0.717) is 28.5 Å². The van der Waals surface area contributed by atoms with Gasteiger partial charge in [0.05, 0.1) is 25.3 Å². The zero-order valence-corrected chi connectivity index (χ0v) is 24.7. The number of nitrogens with zero attached hydrogens (tertiary/aromatic N) is 4. The molecule has 3 aromatic carbocycles. The average molecular weight is 588 g/mol. The molecule has 0 fully saturated rings. The highest BCUT2D eigenvalue weighted by atomic mass is 35.5. The highest BCUT2D eigenvalue weighted by Gasteiger charge is 2.27. The summed E-state index contributed by atoms with van der Waals surface area (Å²) in [5.41, 5.74) is 4.57. The maximum Gasteiger partial charge on any atom is 0.216 e. The first-order valence-corrected chi connectivity index (χ1v) is 12.6. The van der Waals surface area contributed by atoms with Gasteiger partial charge in [-0.25, -0.2) is 4.98 Å². The van der Waals surface area contributed by atoms with Gasteiger partial charge in [0.25, 0.3) is 0 Å². The molecule has 0 aliphatic carbocycles. The number of imidazole rings is 2. The Morgan fingerprint density at radius 2 is 1.48 bits per heavy atom. The molecule has 8 nitrogen and oxygen atoms in total. The summed E-state index contributed by atoms with van der Waals surface area (Å²) >= 11 is 0. The average Bonchev–Trinajstić information content (AvgIpc) is 3.48. The van der Waals surface area contributed by atoms with Crippen molar-refractivity contribution >= 4 is 47.4 Å². The summed E-state index contributed by atoms with van der Waals surface area (Å²) in [5, 5.41) is 0. The molecule has 0 bridgehead atoms. The molecule has 5 aromatic rings. The second-order valence-electron chi connectivity index (χ2n) is 8.88. The first kappa shape index (κ1) is 32.7. The third kappa shape index (κ3) is 5.81. The molecule has 0 unspecified atom stereocenters. The number of rotatable bonds is 10. The quantitative estimate of drug-likeness (QED) is 0.200. The molecular formula is C30H36Cl2N4O4. The topological polar surface area (TPSA) is 92.5 Å². The van der Waals surface area contributed by atoms with E-state index in [1.165, 1.54) is 0 Å². The molecule has 2 N–H and O–H groups in total. The van der Waals surface area contributed by atoms with Gasteiger partial charge in [0.1, 0.15) is 11.4 Å². The zero-order chi connectivity index (χ0) is 25.9. The maximum atomic E-state index is 14.1. The van der Waals surface area contributed by atoms with E-state index < -0.39 is 0 Å². The molecule has 0 amide bonds. The van der Waals surface area contributed by atoms with Crippen LogP contribution in [0.1, 0.15) is 29.9 Å². The van der Waals surface area contributed by atoms with Gasteiger partial charge < -0.3 is 24.4 Å². The Kier molecular flexibility index (Phi) is 11.6. The first-order valence-electron chi connectivity index (χ1n) is 12.6. The fraction of sp³-hybridized carbons (Fsp3) is 0.267. The summed E-state index contributed by atoms with van der Waals surface area (Å²) in [5.74, 6) is 1.88. The number of carbonyl (C=O) groups is 1. The number of likely N-dealkylation sites (N-methyl/N-ethyl adjacent to an activating group) is 1. The zero-order valence-electron chi connectivity index (χ0n) is 23.1. The number of hydrogen-bond donors (Lipinski definition) is 0. The van der Waals surface area contributed by atoms with Gasteiger partial charge in [0.15, 0.2) is 11.5 Å². The van der Waals surface area contributed by atoms with Crippen molar-refractivity contribution in [3.8, 4) is 22.8 Å². The number of hydrogen-bond acceptors (Lipinski definition) is 5. The van der Waals surface area contributed by atoms with E-state index in [-0.39, 0.29) is 36.1 Å². The molecule has 0 aliphatic heterocycles. The van der Waals surface area contributed by atoms with E-state index in [0.717, 1.165) is 48.6 Å². The van der Waals surface area contributed by atoms with Crippen LogP contribution in [0.2, 0.25) is 0 Å². The van der Waals surface area contributed by atoms with E-state index in [1.807, 2.05) is 65.1 Å². The maximum absolute atomic E-state index is 14.1. The van der Waals surface area contributed by atoms with Gasteiger partial charge in [0, 0.05) is 24.2 Å². The summed E-state index contributed by atoms with van der Waals surface area (Å²) < 4.78 is 15.2. The van der Waals surface area contributed by atoms with Gasteiger partial charge in [-0.1, -0.05) is 56.3 Å². The lowest BCUT2D eigenvalue weighted by molar-refractivity contribution is 0.103. The smallest absolute Gasteiger partial charge is 0.216 e. The number of carbonyl (C=O) groups excluding carboxylic acids is 1. The van der Waals surface area contributed by atoms with Gasteiger partial charge in [-0.15, -0.1) is 24.8 Å². The van der Waals surface area contributed by atoms with Crippen LogP contribution in [0.4, 0.5) is 0 Å². The van der Waals surface area contributed by atoms with Crippen molar-refractivity contribution in [2.75, 3.05) is 33.9 Å². The lowest BCUT2D eigenvalue weighted by Gasteiger charge is -2.18. The predicted octanol–water partition coefficient (Wildman–Crippen LogP) is 5.56. The second kappa shape index (κ2) is 14.2. The van der Waals surface area contributed by atoms with Crippen LogP contribution in [0.25, 0.3) is 28.1 Å². The molecule has 0 radical (unpaired) electrons. The fourth-order valence-electron chi connectivity index (χ4n) is 4.93. The number of fused-ring (bicyclic) bond motifs is 3. The summed E-state index contributed by atoms with van der Waals surface area (Å²) in [6, 6.07) is 23.2. The monoisotopic (exact) mass is 586 g/mol. The molecule has 0 saturated heterocycles. The Balaban J connectivity index is 0.00000187. The van der Waals surface area contributed by atoms with Crippen molar-refractivity contribution in [2.24, 2.45) is 0 Å². The van der Waals surface area contributed by atoms with E-state index in [9.17, 15) is 4.79 Å². The standard InChI is InChI=1S/C30H32N4O3.2ClH.H2O/c1-5-32(6-2)18-19-33-23-14-10-11-15-24(23)34-28(29(35)21-12-8-7-9-13-21)27(31-30(33)34)22-16-17-25(36-3)26(20-22)37-4;;;/h7-17,20H,5-6,18-19H2,1-4H3;2*1H;1H2. The minimum absolute atomic E-state index is 0. The van der Waals surface area contributed by atoms with Crippen LogP contribution < -0.4 is 9.47 Å². The number of aromatic nitrogens is 3. The number of halogens is 2. The Bertz CT molecular complexity index is 1560. The van der Waals surface area contributed by atoms with Gasteiger partial charge in [-0.2, -0.15) is 0 Å². The van der Waals surface area contributed by atoms with Gasteiger partial charge >= 0.3 is 0 Å². The van der Waals surface area contributed by atoms with Crippen LogP contribution in [0.3, 0.4) is 0 Å². The number of ether oxygens (including phenoxy) is 2. The molecule has 5 rings (SSSR count). The highest BCUT2D eigenvalue weighted by molar-refractivity contribution is 6.13. The van der Waals surface area contributed by atoms with Gasteiger partial charge in [0.2, 0.25) is 11.6 Å². The fourth-order valence-corrected chi connectivity index (χ4v) is 4.93. The van der Waals surface area contributed by atoms with E-state index >= 15 is 0 Å². The van der Waals surface area contributed by atoms with E-state index in [2.05, 4.69) is 35.4 Å². The summed E-state index contributed by atoms with van der Waals surface area (Å²) in [4.78, 5) is 21.6. The summed E-state index contributed by atoms with van der Waals surface area (Å²) in [6.07, 6.45) is 0.